The standard InChI is InChI=1S/C21H20N6OS/c1-12-10-13(2)23-21(22-12)27-17(11-14(3)26-27)25-19(28)18-15(4)24-20(29-18)16-8-6-5-7-9-16/h5-11H,1-4H3,(H,25,28). The fourth-order valence-corrected chi connectivity index (χ4v) is 3.99. The topological polar surface area (TPSA) is 85.6 Å². The average molecular weight is 404 g/mol. The summed E-state index contributed by atoms with van der Waals surface area (Å²) in [5, 5.41) is 8.21. The number of nitrogens with zero attached hydrogens (tertiary/aromatic N) is 5. The van der Waals surface area contributed by atoms with Crippen LogP contribution in [0.3, 0.4) is 0 Å². The Morgan fingerprint density at radius 2 is 1.62 bits per heavy atom. The molecule has 0 unspecified atom stereocenters. The lowest BCUT2D eigenvalue weighted by molar-refractivity contribution is 0.102. The van der Waals surface area contributed by atoms with Crippen LogP contribution < -0.4 is 5.32 Å². The van der Waals surface area contributed by atoms with E-state index in [0.29, 0.717) is 22.3 Å². The summed E-state index contributed by atoms with van der Waals surface area (Å²) in [5.41, 5.74) is 4.11. The molecule has 0 saturated carbocycles. The molecule has 0 aliphatic carbocycles. The first-order valence-corrected chi connectivity index (χ1v) is 9.96. The molecule has 4 rings (SSSR count). The molecule has 0 atom stereocenters. The molecule has 1 aromatic carbocycles. The number of carbonyl (C=O) groups is 1. The number of hydrogen-bond donors (Lipinski definition) is 1. The highest BCUT2D eigenvalue weighted by atomic mass is 32.1. The van der Waals surface area contributed by atoms with E-state index < -0.39 is 0 Å². The van der Waals surface area contributed by atoms with Crippen molar-refractivity contribution >= 4 is 23.1 Å². The third-order valence-electron chi connectivity index (χ3n) is 4.26. The Hall–Kier alpha value is -3.39. The second-order valence-corrected chi connectivity index (χ2v) is 7.79. The zero-order valence-electron chi connectivity index (χ0n) is 16.6. The predicted molar refractivity (Wildman–Crippen MR) is 114 cm³/mol. The van der Waals surface area contributed by atoms with Crippen molar-refractivity contribution < 1.29 is 4.79 Å². The van der Waals surface area contributed by atoms with Gasteiger partial charge >= 0.3 is 0 Å². The Morgan fingerprint density at radius 3 is 2.31 bits per heavy atom. The van der Waals surface area contributed by atoms with E-state index in [-0.39, 0.29) is 5.91 Å². The van der Waals surface area contributed by atoms with Crippen LogP contribution in [0.25, 0.3) is 16.5 Å². The third kappa shape index (κ3) is 3.93. The summed E-state index contributed by atoms with van der Waals surface area (Å²) in [6, 6.07) is 13.5. The van der Waals surface area contributed by atoms with Crippen LogP contribution >= 0.6 is 11.3 Å². The van der Waals surface area contributed by atoms with E-state index in [1.807, 2.05) is 64.1 Å². The second kappa shape index (κ2) is 7.56. The van der Waals surface area contributed by atoms with E-state index in [2.05, 4.69) is 25.4 Å². The van der Waals surface area contributed by atoms with Crippen molar-refractivity contribution in [1.29, 1.82) is 0 Å². The van der Waals surface area contributed by atoms with E-state index in [1.165, 1.54) is 11.3 Å². The maximum Gasteiger partial charge on any atom is 0.268 e. The molecule has 29 heavy (non-hydrogen) atoms. The molecule has 0 fully saturated rings. The van der Waals surface area contributed by atoms with E-state index >= 15 is 0 Å². The van der Waals surface area contributed by atoms with Crippen LogP contribution in [0.15, 0.2) is 42.5 Å². The molecule has 8 heteroatoms. The van der Waals surface area contributed by atoms with E-state index in [0.717, 1.165) is 27.7 Å². The highest BCUT2D eigenvalue weighted by Gasteiger charge is 2.19. The molecule has 3 aromatic heterocycles. The van der Waals surface area contributed by atoms with Crippen molar-refractivity contribution in [3.63, 3.8) is 0 Å². The molecular weight excluding hydrogens is 384 g/mol. The van der Waals surface area contributed by atoms with E-state index in [4.69, 9.17) is 0 Å². The van der Waals surface area contributed by atoms with Crippen molar-refractivity contribution in [1.82, 2.24) is 24.7 Å². The zero-order valence-corrected chi connectivity index (χ0v) is 17.4. The monoisotopic (exact) mass is 404 g/mol. The normalized spacial score (nSPS) is 10.9. The molecule has 146 valence electrons. The van der Waals surface area contributed by atoms with Gasteiger partial charge in [0, 0.05) is 23.0 Å². The van der Waals surface area contributed by atoms with Crippen LogP contribution in [-0.4, -0.2) is 30.6 Å². The molecule has 4 aromatic rings. The van der Waals surface area contributed by atoms with Gasteiger partial charge in [-0.3, -0.25) is 4.79 Å². The lowest BCUT2D eigenvalue weighted by atomic mass is 10.2. The highest BCUT2D eigenvalue weighted by Crippen LogP contribution is 2.28. The van der Waals surface area contributed by atoms with Crippen LogP contribution in [0.1, 0.15) is 32.4 Å². The Kier molecular flexibility index (Phi) is 4.94. The Labute approximate surface area is 172 Å². The van der Waals surface area contributed by atoms with Gasteiger partial charge in [-0.2, -0.15) is 9.78 Å². The highest BCUT2D eigenvalue weighted by molar-refractivity contribution is 7.17. The molecule has 0 spiro atoms. The number of nitrogens with one attached hydrogen (secondary N) is 1. The Bertz CT molecular complexity index is 1180. The van der Waals surface area contributed by atoms with Gasteiger partial charge in [0.2, 0.25) is 0 Å². The van der Waals surface area contributed by atoms with Crippen molar-refractivity contribution in [2.45, 2.75) is 27.7 Å². The van der Waals surface area contributed by atoms with Crippen LogP contribution in [0, 0.1) is 27.7 Å². The summed E-state index contributed by atoms with van der Waals surface area (Å²) in [6.07, 6.45) is 0. The van der Waals surface area contributed by atoms with Crippen molar-refractivity contribution in [3.05, 3.63) is 70.1 Å². The smallest absolute Gasteiger partial charge is 0.268 e. The number of carbonyl (C=O) groups excluding carboxylic acids is 1. The molecule has 1 N–H and O–H groups in total. The number of aryl methyl sites for hydroxylation is 4. The number of thiazole rings is 1. The number of aromatic nitrogens is 5. The summed E-state index contributed by atoms with van der Waals surface area (Å²) in [6.45, 7) is 7.50. The summed E-state index contributed by atoms with van der Waals surface area (Å²) in [4.78, 5) is 27.0. The van der Waals surface area contributed by atoms with Crippen LogP contribution in [0.2, 0.25) is 0 Å². The Morgan fingerprint density at radius 1 is 0.931 bits per heavy atom. The van der Waals surface area contributed by atoms with Gasteiger partial charge in [0.15, 0.2) is 0 Å². The number of hydrogen-bond acceptors (Lipinski definition) is 6. The van der Waals surface area contributed by atoms with Crippen LogP contribution in [0.5, 0.6) is 0 Å². The molecule has 3 heterocycles. The summed E-state index contributed by atoms with van der Waals surface area (Å²) in [7, 11) is 0. The minimum Gasteiger partial charge on any atom is -0.306 e. The number of anilines is 1. The quantitative estimate of drug-likeness (QED) is 0.549. The number of amides is 1. The predicted octanol–water partition coefficient (Wildman–Crippen LogP) is 4.27. The fraction of sp³-hybridized carbons (Fsp3) is 0.190. The first-order chi connectivity index (χ1) is 13.9. The van der Waals surface area contributed by atoms with Crippen LogP contribution in [0.4, 0.5) is 5.82 Å². The van der Waals surface area contributed by atoms with Gasteiger partial charge in [-0.15, -0.1) is 11.3 Å². The van der Waals surface area contributed by atoms with Gasteiger partial charge in [-0.05, 0) is 33.8 Å². The maximum absolute atomic E-state index is 13.0. The summed E-state index contributed by atoms with van der Waals surface area (Å²) in [5.74, 6) is 0.719. The third-order valence-corrected chi connectivity index (χ3v) is 5.46. The lowest BCUT2D eigenvalue weighted by Crippen LogP contribution is -2.16. The van der Waals surface area contributed by atoms with Crippen molar-refractivity contribution in [3.8, 4) is 16.5 Å². The SMILES string of the molecule is Cc1cc(C)nc(-n2nc(C)cc2NC(=O)c2sc(-c3ccccc3)nc2C)n1. The lowest BCUT2D eigenvalue weighted by Gasteiger charge is -2.08. The molecule has 1 amide bonds. The molecule has 0 aliphatic rings. The molecule has 0 bridgehead atoms. The molecule has 0 saturated heterocycles. The maximum atomic E-state index is 13.0. The molecule has 0 radical (unpaired) electrons. The Balaban J connectivity index is 1.66. The minimum atomic E-state index is -0.229. The van der Waals surface area contributed by atoms with Gasteiger partial charge in [0.1, 0.15) is 15.7 Å². The van der Waals surface area contributed by atoms with Gasteiger partial charge in [0.05, 0.1) is 11.4 Å². The summed E-state index contributed by atoms with van der Waals surface area (Å²) >= 11 is 1.37. The summed E-state index contributed by atoms with van der Waals surface area (Å²) < 4.78 is 1.56. The second-order valence-electron chi connectivity index (χ2n) is 6.79. The van der Waals surface area contributed by atoms with E-state index in [9.17, 15) is 4.79 Å². The van der Waals surface area contributed by atoms with Gasteiger partial charge in [-0.1, -0.05) is 30.3 Å². The zero-order chi connectivity index (χ0) is 20.5. The first kappa shape index (κ1) is 18.9. The van der Waals surface area contributed by atoms with Gasteiger partial charge in [0.25, 0.3) is 11.9 Å². The van der Waals surface area contributed by atoms with E-state index in [1.54, 1.807) is 10.7 Å². The van der Waals surface area contributed by atoms with Gasteiger partial charge < -0.3 is 5.32 Å². The fourth-order valence-electron chi connectivity index (χ4n) is 3.03. The van der Waals surface area contributed by atoms with Gasteiger partial charge in [-0.25, -0.2) is 15.0 Å². The largest absolute Gasteiger partial charge is 0.306 e. The van der Waals surface area contributed by atoms with Crippen LogP contribution in [-0.2, 0) is 0 Å². The van der Waals surface area contributed by atoms with Crippen molar-refractivity contribution in [2.24, 2.45) is 0 Å². The number of benzene rings is 1. The molecule has 7 nitrogen and oxygen atoms in total. The minimum absolute atomic E-state index is 0.229. The molecular formula is C21H20N6OS. The van der Waals surface area contributed by atoms with Crippen molar-refractivity contribution in [2.75, 3.05) is 5.32 Å². The number of rotatable bonds is 4. The molecule has 0 aliphatic heterocycles. The first-order valence-electron chi connectivity index (χ1n) is 9.14. The average Bonchev–Trinajstić information content (AvgIpc) is 3.24.